The van der Waals surface area contributed by atoms with Gasteiger partial charge in [-0.2, -0.15) is 8.75 Å². The van der Waals surface area contributed by atoms with Gasteiger partial charge < -0.3 is 0 Å². The van der Waals surface area contributed by atoms with Crippen LogP contribution in [0.5, 0.6) is 0 Å². The maximum Gasteiger partial charge on any atom is 0.113 e. The maximum absolute atomic E-state index is 4.89. The molecule has 2 aliphatic carbocycles. The first-order chi connectivity index (χ1) is 23.1. The monoisotopic (exact) mass is 646 g/mol. The fourth-order valence-electron chi connectivity index (χ4n) is 8.38. The van der Waals surface area contributed by atoms with E-state index in [9.17, 15) is 0 Å². The van der Waals surface area contributed by atoms with Crippen LogP contribution in [0.2, 0.25) is 0 Å². The number of rotatable bonds is 8. The number of nitrogens with zero attached hydrogens (tertiary/aromatic N) is 2. The van der Waals surface area contributed by atoms with E-state index in [1.165, 1.54) is 97.8 Å². The highest BCUT2D eigenvalue weighted by molar-refractivity contribution is 7.00. The van der Waals surface area contributed by atoms with Crippen LogP contribution in [0.15, 0.2) is 84.9 Å². The van der Waals surface area contributed by atoms with E-state index in [-0.39, 0.29) is 10.8 Å². The number of unbranched alkanes of at least 4 members (excludes halogenated alkanes) is 1. The van der Waals surface area contributed by atoms with Crippen LogP contribution in [0.4, 0.5) is 0 Å². The van der Waals surface area contributed by atoms with Crippen LogP contribution in [0.1, 0.15) is 101 Å². The van der Waals surface area contributed by atoms with Gasteiger partial charge in [0, 0.05) is 22.0 Å². The van der Waals surface area contributed by atoms with Gasteiger partial charge in [0.1, 0.15) is 11.0 Å². The molecule has 1 heterocycles. The minimum atomic E-state index is -0.0561. The number of hydrogen-bond donors (Lipinski definition) is 0. The van der Waals surface area contributed by atoms with Crippen molar-refractivity contribution >= 4 is 22.8 Å². The summed E-state index contributed by atoms with van der Waals surface area (Å²) in [6.45, 7) is 16.4. The second kappa shape index (κ2) is 11.5. The lowest BCUT2D eigenvalue weighted by atomic mass is 9.80. The zero-order valence-electron chi connectivity index (χ0n) is 29.5. The molecule has 0 saturated heterocycles. The van der Waals surface area contributed by atoms with Gasteiger partial charge in [-0.15, -0.1) is 0 Å². The highest BCUT2D eigenvalue weighted by atomic mass is 32.1. The van der Waals surface area contributed by atoms with Gasteiger partial charge in [0.25, 0.3) is 0 Å². The molecule has 3 heteroatoms. The van der Waals surface area contributed by atoms with E-state index in [1.807, 2.05) is 0 Å². The van der Waals surface area contributed by atoms with Crippen molar-refractivity contribution in [3.63, 3.8) is 0 Å². The molecule has 0 radical (unpaired) electrons. The molecular weight excluding hydrogens is 601 g/mol. The van der Waals surface area contributed by atoms with E-state index >= 15 is 0 Å². The van der Waals surface area contributed by atoms with Crippen molar-refractivity contribution in [1.82, 2.24) is 8.75 Å². The largest absolute Gasteiger partial charge is 0.172 e. The van der Waals surface area contributed by atoms with Crippen LogP contribution in [-0.4, -0.2) is 8.75 Å². The van der Waals surface area contributed by atoms with Crippen molar-refractivity contribution in [2.75, 3.05) is 0 Å². The Labute approximate surface area is 290 Å². The van der Waals surface area contributed by atoms with E-state index in [1.54, 1.807) is 0 Å². The molecule has 0 atom stereocenters. The molecule has 6 aromatic rings. The molecule has 8 rings (SSSR count). The lowest BCUT2D eigenvalue weighted by Gasteiger charge is -2.23. The zero-order valence-corrected chi connectivity index (χ0v) is 30.3. The second-order valence-corrected chi connectivity index (χ2v) is 16.2. The molecule has 0 saturated carbocycles. The lowest BCUT2D eigenvalue weighted by Crippen LogP contribution is -2.15. The van der Waals surface area contributed by atoms with E-state index in [0.29, 0.717) is 5.92 Å². The lowest BCUT2D eigenvalue weighted by molar-refractivity contribution is 0.585. The first-order valence-electron chi connectivity index (χ1n) is 17.9. The molecule has 2 aliphatic rings. The Morgan fingerprint density at radius 3 is 1.42 bits per heavy atom. The Balaban J connectivity index is 1.15. The van der Waals surface area contributed by atoms with Crippen molar-refractivity contribution in [2.45, 2.75) is 91.4 Å². The summed E-state index contributed by atoms with van der Waals surface area (Å²) >= 11 is 1.32. The quantitative estimate of drug-likeness (QED) is 0.164. The number of aryl methyl sites for hydroxylation is 2. The van der Waals surface area contributed by atoms with Crippen LogP contribution in [0.25, 0.3) is 55.5 Å². The summed E-state index contributed by atoms with van der Waals surface area (Å²) in [5.41, 5.74) is 20.7. The van der Waals surface area contributed by atoms with Gasteiger partial charge in [-0.05, 0) is 110 Å². The summed E-state index contributed by atoms with van der Waals surface area (Å²) in [5, 5.41) is 0. The van der Waals surface area contributed by atoms with Crippen LogP contribution < -0.4 is 0 Å². The molecular formula is C45H46N2S. The van der Waals surface area contributed by atoms with Crippen molar-refractivity contribution in [3.05, 3.63) is 118 Å². The molecule has 0 unspecified atom stereocenters. The fraction of sp³-hybridized carbons (Fsp3) is 0.333. The van der Waals surface area contributed by atoms with Crippen LogP contribution in [0.3, 0.4) is 0 Å². The molecule has 1 aromatic heterocycles. The Morgan fingerprint density at radius 2 is 0.958 bits per heavy atom. The highest BCUT2D eigenvalue weighted by Gasteiger charge is 2.37. The predicted molar refractivity (Wildman–Crippen MR) is 205 cm³/mol. The normalized spacial score (nSPS) is 15.1. The van der Waals surface area contributed by atoms with Gasteiger partial charge in [0.2, 0.25) is 0 Å². The third kappa shape index (κ3) is 4.88. The van der Waals surface area contributed by atoms with Crippen molar-refractivity contribution in [3.8, 4) is 44.5 Å². The highest BCUT2D eigenvalue weighted by Crippen LogP contribution is 2.52. The van der Waals surface area contributed by atoms with E-state index in [2.05, 4.69) is 133 Å². The van der Waals surface area contributed by atoms with Gasteiger partial charge >= 0.3 is 0 Å². The molecule has 48 heavy (non-hydrogen) atoms. The number of hydrogen-bond acceptors (Lipinski definition) is 3. The molecule has 0 aliphatic heterocycles. The van der Waals surface area contributed by atoms with Crippen molar-refractivity contribution in [1.29, 1.82) is 0 Å². The number of fused-ring (bicyclic) bond motifs is 7. The topological polar surface area (TPSA) is 25.8 Å². The van der Waals surface area contributed by atoms with E-state index in [4.69, 9.17) is 8.75 Å². The Kier molecular flexibility index (Phi) is 7.49. The smallest absolute Gasteiger partial charge is 0.113 e. The molecule has 0 N–H and O–H groups in total. The summed E-state index contributed by atoms with van der Waals surface area (Å²) in [6.07, 6.45) is 5.97. The summed E-state index contributed by atoms with van der Waals surface area (Å²) in [6, 6.07) is 32.9. The molecule has 0 bridgehead atoms. The first kappa shape index (κ1) is 31.2. The SMILES string of the molecule is CCCCc1ccc2c(c1)C(C)(C)c1cc(-c3ccc(-c4ccc5c(c4)C(C)(C)c4cc(CCC(C)C)ccc4-5)c4nsnc34)ccc1-2. The Morgan fingerprint density at radius 1 is 0.542 bits per heavy atom. The van der Waals surface area contributed by atoms with Gasteiger partial charge in [0.15, 0.2) is 0 Å². The van der Waals surface area contributed by atoms with Crippen LogP contribution in [0, 0.1) is 5.92 Å². The Hall–Kier alpha value is -4.08. The number of aromatic nitrogens is 2. The number of benzene rings is 5. The van der Waals surface area contributed by atoms with E-state index in [0.717, 1.165) is 35.0 Å². The minimum Gasteiger partial charge on any atom is -0.172 e. The predicted octanol–water partition coefficient (Wildman–Crippen LogP) is 12.6. The minimum absolute atomic E-state index is 0.0493. The zero-order chi connectivity index (χ0) is 33.4. The van der Waals surface area contributed by atoms with Crippen LogP contribution >= 0.6 is 11.7 Å². The van der Waals surface area contributed by atoms with Gasteiger partial charge in [-0.3, -0.25) is 0 Å². The second-order valence-electron chi connectivity index (χ2n) is 15.7. The molecule has 0 spiro atoms. The average molecular weight is 647 g/mol. The summed E-state index contributed by atoms with van der Waals surface area (Å²) in [4.78, 5) is 0. The average Bonchev–Trinajstić information content (AvgIpc) is 3.72. The van der Waals surface area contributed by atoms with Gasteiger partial charge in [-0.1, -0.05) is 128 Å². The fourth-order valence-corrected chi connectivity index (χ4v) is 8.96. The third-order valence-electron chi connectivity index (χ3n) is 11.3. The Bertz CT molecular complexity index is 2210. The van der Waals surface area contributed by atoms with Crippen molar-refractivity contribution in [2.24, 2.45) is 5.92 Å². The third-order valence-corrected chi connectivity index (χ3v) is 11.9. The van der Waals surface area contributed by atoms with Crippen LogP contribution in [-0.2, 0) is 23.7 Å². The first-order valence-corrected chi connectivity index (χ1v) is 18.6. The van der Waals surface area contributed by atoms with E-state index < -0.39 is 0 Å². The molecule has 0 amide bonds. The molecule has 5 aromatic carbocycles. The molecule has 0 fully saturated rings. The summed E-state index contributed by atoms with van der Waals surface area (Å²) < 4.78 is 9.79. The standard InChI is InChI=1S/C45H46N2S/c1-8-9-10-28-13-17-34-36-19-15-30(25-40(36)44(4,5)38(34)23-28)32-21-22-33(43-42(32)46-48-47-43)31-16-20-37-35-18-14-29(12-11-27(2)3)24-39(35)45(6,7)41(37)26-31/h13-27H,8-12H2,1-7H3. The van der Waals surface area contributed by atoms with Crippen molar-refractivity contribution < 1.29 is 0 Å². The summed E-state index contributed by atoms with van der Waals surface area (Å²) in [5.74, 6) is 0.713. The molecule has 242 valence electrons. The van der Waals surface area contributed by atoms with Gasteiger partial charge in [-0.25, -0.2) is 0 Å². The molecule has 2 nitrogen and oxygen atoms in total. The van der Waals surface area contributed by atoms with Gasteiger partial charge in [0.05, 0.1) is 11.7 Å². The summed E-state index contributed by atoms with van der Waals surface area (Å²) in [7, 11) is 0. The maximum atomic E-state index is 4.89.